The summed E-state index contributed by atoms with van der Waals surface area (Å²) in [5.41, 5.74) is -0.0806. The number of piperidine rings is 1. The molecule has 0 unspecified atom stereocenters. The number of fused-ring (bicyclic) bond motifs is 4. The van der Waals surface area contributed by atoms with Crippen molar-refractivity contribution in [1.82, 2.24) is 4.90 Å². The van der Waals surface area contributed by atoms with Crippen LogP contribution in [0.1, 0.15) is 24.5 Å². The van der Waals surface area contributed by atoms with E-state index in [0.717, 1.165) is 11.3 Å². The summed E-state index contributed by atoms with van der Waals surface area (Å²) in [5, 5.41) is 0. The Morgan fingerprint density at radius 1 is 1.12 bits per heavy atom. The van der Waals surface area contributed by atoms with Crippen molar-refractivity contribution in [2.45, 2.75) is 36.9 Å². The van der Waals surface area contributed by atoms with E-state index >= 15 is 0 Å². The molecular weight excluding hydrogens is 408 g/mol. The number of hydrogen-bond acceptors (Lipinski definition) is 6. The number of methoxy groups -OCH3 is 1. The molecule has 0 bridgehead atoms. The van der Waals surface area contributed by atoms with Gasteiger partial charge in [0.1, 0.15) is 11.0 Å². The molecular formula is C25H26N2O5. The number of likely N-dealkylation sites (N-methyl/N-ethyl adjacent to an activating group) is 1. The first-order valence-electron chi connectivity index (χ1n) is 10.8. The quantitative estimate of drug-likeness (QED) is 0.690. The minimum absolute atomic E-state index is 0.165. The normalized spacial score (nSPS) is 31.4. The van der Waals surface area contributed by atoms with Crippen LogP contribution in [-0.4, -0.2) is 55.1 Å². The second kappa shape index (κ2) is 7.17. The van der Waals surface area contributed by atoms with Crippen LogP contribution < -0.4 is 4.90 Å². The molecule has 7 nitrogen and oxygen atoms in total. The van der Waals surface area contributed by atoms with Crippen LogP contribution in [0.15, 0.2) is 54.6 Å². The zero-order chi connectivity index (χ0) is 22.7. The van der Waals surface area contributed by atoms with Gasteiger partial charge in [0.05, 0.1) is 25.5 Å². The number of nitrogens with zero attached hydrogens (tertiary/aromatic N) is 2. The van der Waals surface area contributed by atoms with Crippen molar-refractivity contribution in [2.24, 2.45) is 5.92 Å². The number of hydrogen-bond donors (Lipinski definition) is 0. The summed E-state index contributed by atoms with van der Waals surface area (Å²) in [5.74, 6) is -1.91. The standard InChI is InChI=1S/C25H26N2O5/c1-24-20(13-21(28)32-24)27(14-16-9-5-4-6-10-16)15-18(22(29)31-3)25(24)17-11-7-8-12-19(17)26(2)23(25)30/h4-12,18,20H,13-15H2,1-3H3/t18-,20-,24+,25-/m1/s1. The maximum atomic E-state index is 14.0. The van der Waals surface area contributed by atoms with Crippen LogP contribution in [0, 0.1) is 5.92 Å². The summed E-state index contributed by atoms with van der Waals surface area (Å²) in [6.45, 7) is 2.63. The second-order valence-corrected chi connectivity index (χ2v) is 8.98. The minimum atomic E-state index is -1.35. The zero-order valence-corrected chi connectivity index (χ0v) is 18.4. The van der Waals surface area contributed by atoms with E-state index in [1.165, 1.54) is 7.11 Å². The van der Waals surface area contributed by atoms with Gasteiger partial charge in [0.25, 0.3) is 0 Å². The molecule has 2 fully saturated rings. The Morgan fingerprint density at radius 3 is 2.53 bits per heavy atom. The average molecular weight is 434 g/mol. The minimum Gasteiger partial charge on any atom is -0.469 e. The highest BCUT2D eigenvalue weighted by molar-refractivity contribution is 6.11. The van der Waals surface area contributed by atoms with Gasteiger partial charge in [0.2, 0.25) is 5.91 Å². The molecule has 3 aliphatic heterocycles. The van der Waals surface area contributed by atoms with Crippen molar-refractivity contribution < 1.29 is 23.9 Å². The zero-order valence-electron chi connectivity index (χ0n) is 18.4. The number of esters is 2. The molecule has 1 amide bonds. The van der Waals surface area contributed by atoms with Crippen molar-refractivity contribution in [3.63, 3.8) is 0 Å². The molecule has 0 saturated carbocycles. The highest BCUT2D eigenvalue weighted by Crippen LogP contribution is 2.60. The fraction of sp³-hybridized carbons (Fsp3) is 0.400. The topological polar surface area (TPSA) is 76.1 Å². The molecule has 0 N–H and O–H groups in total. The lowest BCUT2D eigenvalue weighted by molar-refractivity contribution is -0.185. The fourth-order valence-electron chi connectivity index (χ4n) is 6.16. The number of carbonyl (C=O) groups is 3. The van der Waals surface area contributed by atoms with E-state index in [9.17, 15) is 14.4 Å². The monoisotopic (exact) mass is 434 g/mol. The van der Waals surface area contributed by atoms with Gasteiger partial charge in [0.15, 0.2) is 0 Å². The van der Waals surface area contributed by atoms with E-state index in [4.69, 9.17) is 9.47 Å². The van der Waals surface area contributed by atoms with Crippen LogP contribution >= 0.6 is 0 Å². The predicted molar refractivity (Wildman–Crippen MR) is 117 cm³/mol. The predicted octanol–water partition coefficient (Wildman–Crippen LogP) is 2.28. The Balaban J connectivity index is 1.72. The molecule has 1 spiro atoms. The summed E-state index contributed by atoms with van der Waals surface area (Å²) in [4.78, 5) is 43.6. The number of anilines is 1. The van der Waals surface area contributed by atoms with Crippen molar-refractivity contribution in [3.8, 4) is 0 Å². The molecule has 4 atom stereocenters. The van der Waals surface area contributed by atoms with Gasteiger partial charge in [0, 0.05) is 25.8 Å². The summed E-state index contributed by atoms with van der Waals surface area (Å²) < 4.78 is 11.2. The number of carbonyl (C=O) groups excluding carboxylic acids is 3. The molecule has 166 valence electrons. The number of likely N-dealkylation sites (tertiary alicyclic amines) is 1. The highest BCUT2D eigenvalue weighted by Gasteiger charge is 2.75. The summed E-state index contributed by atoms with van der Waals surface area (Å²) in [6.07, 6.45) is 0.165. The van der Waals surface area contributed by atoms with Gasteiger partial charge in [-0.15, -0.1) is 0 Å². The Bertz CT molecular complexity index is 1100. The summed E-state index contributed by atoms with van der Waals surface area (Å²) in [7, 11) is 3.04. The fourth-order valence-corrected chi connectivity index (χ4v) is 6.16. The van der Waals surface area contributed by atoms with Gasteiger partial charge in [-0.2, -0.15) is 0 Å². The number of rotatable bonds is 3. The third kappa shape index (κ3) is 2.54. The van der Waals surface area contributed by atoms with Gasteiger partial charge < -0.3 is 14.4 Å². The second-order valence-electron chi connectivity index (χ2n) is 8.98. The van der Waals surface area contributed by atoms with Gasteiger partial charge >= 0.3 is 11.9 Å². The molecule has 32 heavy (non-hydrogen) atoms. The third-order valence-electron chi connectivity index (χ3n) is 7.53. The molecule has 3 aliphatic rings. The Hall–Kier alpha value is -3.19. The first kappa shape index (κ1) is 20.7. The van der Waals surface area contributed by atoms with E-state index in [1.54, 1.807) is 11.9 Å². The van der Waals surface area contributed by atoms with Gasteiger partial charge in [-0.25, -0.2) is 0 Å². The molecule has 2 aromatic carbocycles. The number of para-hydroxylation sites is 1. The maximum absolute atomic E-state index is 14.0. The van der Waals surface area contributed by atoms with Crippen LogP contribution in [0.4, 0.5) is 5.69 Å². The van der Waals surface area contributed by atoms with Gasteiger partial charge in [-0.05, 0) is 24.1 Å². The van der Waals surface area contributed by atoms with Crippen LogP contribution in [0.3, 0.4) is 0 Å². The van der Waals surface area contributed by atoms with Crippen LogP contribution in [0.25, 0.3) is 0 Å². The van der Waals surface area contributed by atoms with E-state index in [1.807, 2.05) is 61.5 Å². The SMILES string of the molecule is COC(=O)[C@H]1CN(Cc2ccccc2)[C@@H]2CC(=O)O[C@]2(C)[C@@]12C(=O)N(C)c1ccccc12. The first-order chi connectivity index (χ1) is 15.3. The molecule has 0 aromatic heterocycles. The van der Waals surface area contributed by atoms with Crippen LogP contribution in [0.5, 0.6) is 0 Å². The largest absolute Gasteiger partial charge is 0.469 e. The third-order valence-corrected chi connectivity index (χ3v) is 7.53. The first-order valence-corrected chi connectivity index (χ1v) is 10.8. The van der Waals surface area contributed by atoms with Crippen molar-refractivity contribution in [3.05, 3.63) is 65.7 Å². The molecule has 7 heteroatoms. The smallest absolute Gasteiger partial charge is 0.311 e. The van der Waals surface area contributed by atoms with Crippen LogP contribution in [-0.2, 0) is 35.8 Å². The Labute approximate surface area is 186 Å². The van der Waals surface area contributed by atoms with Crippen LogP contribution in [0.2, 0.25) is 0 Å². The molecule has 0 aliphatic carbocycles. The van der Waals surface area contributed by atoms with Gasteiger partial charge in [-0.3, -0.25) is 19.3 Å². The average Bonchev–Trinajstić information content (AvgIpc) is 3.24. The molecule has 3 heterocycles. The molecule has 5 rings (SSSR count). The lowest BCUT2D eigenvalue weighted by atomic mass is 9.56. The lowest BCUT2D eigenvalue weighted by Gasteiger charge is -2.55. The number of benzene rings is 2. The summed E-state index contributed by atoms with van der Waals surface area (Å²) >= 11 is 0. The van der Waals surface area contributed by atoms with E-state index in [-0.39, 0.29) is 30.9 Å². The highest BCUT2D eigenvalue weighted by atomic mass is 16.6. The van der Waals surface area contributed by atoms with Crippen molar-refractivity contribution in [1.29, 1.82) is 0 Å². The van der Waals surface area contributed by atoms with Crippen molar-refractivity contribution in [2.75, 3.05) is 25.6 Å². The van der Waals surface area contributed by atoms with E-state index in [2.05, 4.69) is 4.90 Å². The molecule has 2 saturated heterocycles. The van der Waals surface area contributed by atoms with Crippen molar-refractivity contribution >= 4 is 23.5 Å². The summed E-state index contributed by atoms with van der Waals surface area (Å²) in [6, 6.07) is 17.0. The number of ether oxygens (including phenoxy) is 2. The maximum Gasteiger partial charge on any atom is 0.311 e. The lowest BCUT2D eigenvalue weighted by Crippen LogP contribution is -2.73. The van der Waals surface area contributed by atoms with Gasteiger partial charge in [-0.1, -0.05) is 48.5 Å². The molecule has 2 aromatic rings. The molecule has 0 radical (unpaired) electrons. The number of amides is 1. The van der Waals surface area contributed by atoms with E-state index in [0.29, 0.717) is 12.1 Å². The Morgan fingerprint density at radius 2 is 1.81 bits per heavy atom. The Kier molecular flexibility index (Phi) is 4.64. The van der Waals surface area contributed by atoms with E-state index < -0.39 is 22.9 Å².